The van der Waals surface area contributed by atoms with Crippen LogP contribution in [0.2, 0.25) is 0 Å². The molecule has 0 radical (unpaired) electrons. The number of pyridine rings is 1. The van der Waals surface area contributed by atoms with E-state index < -0.39 is 6.10 Å². The minimum Gasteiger partial charge on any atom is -0.388 e. The van der Waals surface area contributed by atoms with Gasteiger partial charge in [-0.05, 0) is 25.0 Å². The second kappa shape index (κ2) is 6.29. The highest BCUT2D eigenvalue weighted by molar-refractivity contribution is 5.92. The maximum atomic E-state index is 12.8. The van der Waals surface area contributed by atoms with Crippen molar-refractivity contribution in [2.24, 2.45) is 0 Å². The lowest BCUT2D eigenvalue weighted by Gasteiger charge is -2.20. The Kier molecular flexibility index (Phi) is 3.99. The molecule has 1 aliphatic heterocycles. The number of carbonyl (C=O) groups excluding carboxylic acids is 1. The maximum Gasteiger partial charge on any atom is 0.276 e. The van der Waals surface area contributed by atoms with E-state index in [0.717, 1.165) is 18.5 Å². The molecule has 8 heteroatoms. The van der Waals surface area contributed by atoms with Gasteiger partial charge < -0.3 is 14.7 Å². The number of nitrogens with zero attached hydrogens (tertiary/aromatic N) is 5. The molecule has 4 rings (SSSR count). The fourth-order valence-corrected chi connectivity index (χ4v) is 2.89. The lowest BCUT2D eigenvalue weighted by Crippen LogP contribution is -2.33. The molecule has 0 unspecified atom stereocenters. The number of ether oxygens (including phenoxy) is 1. The van der Waals surface area contributed by atoms with Crippen molar-refractivity contribution in [3.8, 4) is 0 Å². The number of aliphatic hydroxyl groups is 1. The highest BCUT2D eigenvalue weighted by atomic mass is 16.5. The summed E-state index contributed by atoms with van der Waals surface area (Å²) in [6, 6.07) is 5.63. The second-order valence-electron chi connectivity index (χ2n) is 6.24. The van der Waals surface area contributed by atoms with E-state index in [0.29, 0.717) is 13.2 Å². The average Bonchev–Trinajstić information content (AvgIpc) is 3.16. The summed E-state index contributed by atoms with van der Waals surface area (Å²) in [7, 11) is 0. The van der Waals surface area contributed by atoms with Gasteiger partial charge in [0.2, 0.25) is 0 Å². The summed E-state index contributed by atoms with van der Waals surface area (Å²) in [4.78, 5) is 18.9. The third-order valence-electron chi connectivity index (χ3n) is 4.40. The van der Waals surface area contributed by atoms with Crippen LogP contribution in [0.25, 0.3) is 0 Å². The van der Waals surface area contributed by atoms with Crippen molar-refractivity contribution in [3.63, 3.8) is 0 Å². The van der Waals surface area contributed by atoms with Crippen molar-refractivity contribution in [2.45, 2.75) is 37.6 Å². The first-order valence-electron chi connectivity index (χ1n) is 8.11. The molecule has 3 heterocycles. The van der Waals surface area contributed by atoms with E-state index >= 15 is 0 Å². The zero-order valence-electron chi connectivity index (χ0n) is 13.2. The summed E-state index contributed by atoms with van der Waals surface area (Å²) >= 11 is 0. The van der Waals surface area contributed by atoms with Gasteiger partial charge in [0.15, 0.2) is 5.69 Å². The normalized spacial score (nSPS) is 23.4. The molecule has 1 N–H and O–H groups in total. The van der Waals surface area contributed by atoms with Crippen LogP contribution in [-0.2, 0) is 11.3 Å². The monoisotopic (exact) mass is 329 g/mol. The van der Waals surface area contributed by atoms with Gasteiger partial charge in [-0.2, -0.15) is 0 Å². The standard InChI is InChI=1S/C16H19N5O3/c22-15-10-24-9-14(15)21-8-13(18-19-21)16(23)20(12-4-5-12)7-11-3-1-2-6-17-11/h1-3,6,8,12,14-15,22H,4-5,7,9-10H2/t14-,15-/m1/s1. The van der Waals surface area contributed by atoms with E-state index in [1.165, 1.54) is 4.68 Å². The van der Waals surface area contributed by atoms with Crippen LogP contribution in [0.15, 0.2) is 30.6 Å². The predicted octanol–water partition coefficient (Wildman–Crippen LogP) is 0.410. The van der Waals surface area contributed by atoms with Crippen molar-refractivity contribution in [3.05, 3.63) is 42.0 Å². The molecule has 1 aliphatic carbocycles. The van der Waals surface area contributed by atoms with Crippen LogP contribution in [0.4, 0.5) is 0 Å². The number of aliphatic hydroxyl groups excluding tert-OH is 1. The molecule has 0 aromatic carbocycles. The molecule has 2 aromatic rings. The molecule has 2 aliphatic rings. The summed E-state index contributed by atoms with van der Waals surface area (Å²) in [5, 5.41) is 17.9. The summed E-state index contributed by atoms with van der Waals surface area (Å²) < 4.78 is 6.75. The molecule has 1 amide bonds. The van der Waals surface area contributed by atoms with E-state index in [2.05, 4.69) is 15.3 Å². The van der Waals surface area contributed by atoms with Gasteiger partial charge in [-0.15, -0.1) is 5.10 Å². The number of aromatic nitrogens is 4. The molecule has 0 spiro atoms. The molecule has 2 atom stereocenters. The first kappa shape index (κ1) is 15.2. The Labute approximate surface area is 139 Å². The largest absolute Gasteiger partial charge is 0.388 e. The smallest absolute Gasteiger partial charge is 0.276 e. The zero-order valence-corrected chi connectivity index (χ0v) is 13.2. The SMILES string of the molecule is O=C(c1cn([C@@H]2COC[C@H]2O)nn1)N(Cc1ccccn1)C1CC1. The van der Waals surface area contributed by atoms with Crippen LogP contribution in [0.1, 0.15) is 35.1 Å². The van der Waals surface area contributed by atoms with E-state index in [4.69, 9.17) is 4.74 Å². The van der Waals surface area contributed by atoms with Gasteiger partial charge in [0.1, 0.15) is 12.1 Å². The predicted molar refractivity (Wildman–Crippen MR) is 83.0 cm³/mol. The Hall–Kier alpha value is -2.32. The van der Waals surface area contributed by atoms with Crippen LogP contribution in [0.3, 0.4) is 0 Å². The molecular formula is C16H19N5O3. The Balaban J connectivity index is 1.52. The highest BCUT2D eigenvalue weighted by Crippen LogP contribution is 2.29. The van der Waals surface area contributed by atoms with Crippen molar-refractivity contribution in [2.75, 3.05) is 13.2 Å². The average molecular weight is 329 g/mol. The number of hydrogen-bond acceptors (Lipinski definition) is 6. The Morgan fingerprint density at radius 2 is 2.25 bits per heavy atom. The van der Waals surface area contributed by atoms with E-state index in [9.17, 15) is 9.90 Å². The van der Waals surface area contributed by atoms with Crippen LogP contribution in [0, 0.1) is 0 Å². The summed E-state index contributed by atoms with van der Waals surface area (Å²) in [5.41, 5.74) is 1.14. The van der Waals surface area contributed by atoms with Gasteiger partial charge in [-0.3, -0.25) is 9.78 Å². The molecular weight excluding hydrogens is 310 g/mol. The summed E-state index contributed by atoms with van der Waals surface area (Å²) in [5.74, 6) is -0.150. The third-order valence-corrected chi connectivity index (χ3v) is 4.40. The van der Waals surface area contributed by atoms with Crippen molar-refractivity contribution < 1.29 is 14.6 Å². The quantitative estimate of drug-likeness (QED) is 0.854. The molecule has 0 bridgehead atoms. The first-order valence-corrected chi connectivity index (χ1v) is 8.11. The molecule has 8 nitrogen and oxygen atoms in total. The van der Waals surface area contributed by atoms with Crippen LogP contribution in [0.5, 0.6) is 0 Å². The van der Waals surface area contributed by atoms with Crippen LogP contribution in [-0.4, -0.2) is 61.3 Å². The van der Waals surface area contributed by atoms with Gasteiger partial charge >= 0.3 is 0 Å². The number of amides is 1. The lowest BCUT2D eigenvalue weighted by atomic mass is 10.2. The van der Waals surface area contributed by atoms with Gasteiger partial charge in [0.25, 0.3) is 5.91 Å². The van der Waals surface area contributed by atoms with Gasteiger partial charge in [-0.1, -0.05) is 11.3 Å². The third kappa shape index (κ3) is 3.02. The number of hydrogen-bond donors (Lipinski definition) is 1. The minimum atomic E-state index is -0.622. The minimum absolute atomic E-state index is 0.150. The second-order valence-corrected chi connectivity index (χ2v) is 6.24. The molecule has 2 aromatic heterocycles. The van der Waals surface area contributed by atoms with Crippen LogP contribution >= 0.6 is 0 Å². The fourth-order valence-electron chi connectivity index (χ4n) is 2.89. The number of rotatable bonds is 5. The molecule has 2 fully saturated rings. The van der Waals surface area contributed by atoms with Gasteiger partial charge in [-0.25, -0.2) is 4.68 Å². The Morgan fingerprint density at radius 3 is 2.92 bits per heavy atom. The maximum absolute atomic E-state index is 12.8. The van der Waals surface area contributed by atoms with Crippen LogP contribution < -0.4 is 0 Å². The summed E-state index contributed by atoms with van der Waals surface area (Å²) in [6.45, 7) is 1.12. The van der Waals surface area contributed by atoms with E-state index in [-0.39, 0.29) is 30.3 Å². The topological polar surface area (TPSA) is 93.4 Å². The zero-order chi connectivity index (χ0) is 16.5. The highest BCUT2D eigenvalue weighted by Gasteiger charge is 2.35. The van der Waals surface area contributed by atoms with E-state index in [1.54, 1.807) is 17.3 Å². The molecule has 1 saturated carbocycles. The van der Waals surface area contributed by atoms with Crippen molar-refractivity contribution in [1.29, 1.82) is 0 Å². The fraction of sp³-hybridized carbons (Fsp3) is 0.500. The Bertz CT molecular complexity index is 716. The summed E-state index contributed by atoms with van der Waals surface area (Å²) in [6.07, 6.45) is 4.70. The molecule has 126 valence electrons. The van der Waals surface area contributed by atoms with Gasteiger partial charge in [0.05, 0.1) is 31.6 Å². The van der Waals surface area contributed by atoms with Crippen molar-refractivity contribution in [1.82, 2.24) is 24.9 Å². The van der Waals surface area contributed by atoms with Crippen molar-refractivity contribution >= 4 is 5.91 Å². The first-order chi connectivity index (χ1) is 11.7. The number of carbonyl (C=O) groups is 1. The lowest BCUT2D eigenvalue weighted by molar-refractivity contribution is 0.0721. The Morgan fingerprint density at radius 1 is 1.38 bits per heavy atom. The molecule has 1 saturated heterocycles. The van der Waals surface area contributed by atoms with Gasteiger partial charge in [0, 0.05) is 12.2 Å². The van der Waals surface area contributed by atoms with E-state index in [1.807, 2.05) is 18.2 Å². The molecule has 24 heavy (non-hydrogen) atoms.